The maximum absolute atomic E-state index is 13.5. The van der Waals surface area contributed by atoms with Gasteiger partial charge in [-0.1, -0.05) is 18.2 Å². The summed E-state index contributed by atoms with van der Waals surface area (Å²) >= 11 is 0. The summed E-state index contributed by atoms with van der Waals surface area (Å²) in [6, 6.07) is 17.6. The molecule has 1 saturated heterocycles. The highest BCUT2D eigenvalue weighted by Crippen LogP contribution is 2.33. The Balaban J connectivity index is 1.49. The van der Waals surface area contributed by atoms with Crippen molar-refractivity contribution in [2.24, 2.45) is 0 Å². The molecule has 3 aromatic rings. The highest BCUT2D eigenvalue weighted by Gasteiger charge is 2.39. The van der Waals surface area contributed by atoms with Crippen LogP contribution >= 0.6 is 0 Å². The molecule has 0 spiro atoms. The number of benzene rings is 2. The van der Waals surface area contributed by atoms with E-state index in [1.807, 2.05) is 56.3 Å². The lowest BCUT2D eigenvalue weighted by Crippen LogP contribution is -2.32. The number of carbonyl (C=O) groups excluding carboxylic acids is 2. The van der Waals surface area contributed by atoms with Gasteiger partial charge >= 0.3 is 0 Å². The third-order valence-electron chi connectivity index (χ3n) is 6.66. The van der Waals surface area contributed by atoms with Crippen LogP contribution in [0.1, 0.15) is 35.1 Å². The van der Waals surface area contributed by atoms with E-state index in [2.05, 4.69) is 27.3 Å². The maximum Gasteiger partial charge on any atom is 0.278 e. The fourth-order valence-electron chi connectivity index (χ4n) is 4.55. The lowest BCUT2D eigenvalue weighted by atomic mass is 9.99. The van der Waals surface area contributed by atoms with E-state index >= 15 is 0 Å². The number of pyridine rings is 1. The molecular formula is C28H28N4O2. The molecule has 3 heterocycles. The molecule has 2 amide bonds. The van der Waals surface area contributed by atoms with Crippen LogP contribution in [-0.4, -0.2) is 34.8 Å². The minimum atomic E-state index is -0.321. The molecular weight excluding hydrogens is 424 g/mol. The quantitative estimate of drug-likeness (QED) is 0.550. The minimum Gasteiger partial charge on any atom is -0.372 e. The zero-order valence-electron chi connectivity index (χ0n) is 19.5. The molecule has 0 bridgehead atoms. The van der Waals surface area contributed by atoms with Gasteiger partial charge in [-0.25, -0.2) is 0 Å². The Morgan fingerprint density at radius 1 is 0.853 bits per heavy atom. The summed E-state index contributed by atoms with van der Waals surface area (Å²) in [4.78, 5) is 34.7. The van der Waals surface area contributed by atoms with Crippen LogP contribution in [0.5, 0.6) is 0 Å². The van der Waals surface area contributed by atoms with Crippen LogP contribution in [0.4, 0.5) is 11.4 Å². The van der Waals surface area contributed by atoms with Crippen LogP contribution in [0.25, 0.3) is 5.57 Å². The Morgan fingerprint density at radius 3 is 2.24 bits per heavy atom. The van der Waals surface area contributed by atoms with Crippen LogP contribution < -0.4 is 10.2 Å². The molecule has 6 heteroatoms. The Hall–Kier alpha value is -3.93. The summed E-state index contributed by atoms with van der Waals surface area (Å²) in [5, 5.41) is 3.27. The predicted molar refractivity (Wildman–Crippen MR) is 134 cm³/mol. The van der Waals surface area contributed by atoms with Gasteiger partial charge in [0, 0.05) is 36.9 Å². The lowest BCUT2D eigenvalue weighted by Gasteiger charge is -2.18. The monoisotopic (exact) mass is 452 g/mol. The second-order valence-electron chi connectivity index (χ2n) is 8.97. The van der Waals surface area contributed by atoms with E-state index in [0.717, 1.165) is 41.0 Å². The van der Waals surface area contributed by atoms with Crippen molar-refractivity contribution >= 4 is 28.8 Å². The van der Waals surface area contributed by atoms with E-state index in [1.165, 1.54) is 23.4 Å². The van der Waals surface area contributed by atoms with Crippen molar-refractivity contribution < 1.29 is 9.59 Å². The molecule has 0 saturated carbocycles. The summed E-state index contributed by atoms with van der Waals surface area (Å²) in [6.07, 6.45) is 5.77. The molecule has 5 rings (SSSR count). The van der Waals surface area contributed by atoms with E-state index in [9.17, 15) is 9.59 Å². The number of aryl methyl sites for hydroxylation is 2. The molecule has 0 aliphatic carbocycles. The number of nitrogens with zero attached hydrogens (tertiary/aromatic N) is 3. The Kier molecular flexibility index (Phi) is 5.88. The largest absolute Gasteiger partial charge is 0.372 e. The Morgan fingerprint density at radius 2 is 1.56 bits per heavy atom. The molecule has 0 unspecified atom stereocenters. The van der Waals surface area contributed by atoms with Crippen molar-refractivity contribution in [3.63, 3.8) is 0 Å². The number of amides is 2. The lowest BCUT2D eigenvalue weighted by molar-refractivity contribution is -0.137. The van der Waals surface area contributed by atoms with Crippen molar-refractivity contribution in [1.29, 1.82) is 0 Å². The zero-order valence-corrected chi connectivity index (χ0v) is 19.5. The van der Waals surface area contributed by atoms with Crippen LogP contribution in [0.2, 0.25) is 0 Å². The number of nitrogens with one attached hydrogen (secondary N) is 1. The van der Waals surface area contributed by atoms with Gasteiger partial charge in [0.1, 0.15) is 5.70 Å². The van der Waals surface area contributed by atoms with Crippen molar-refractivity contribution in [1.82, 2.24) is 9.88 Å². The molecule has 2 aliphatic rings. The van der Waals surface area contributed by atoms with Crippen molar-refractivity contribution in [3.05, 3.63) is 94.9 Å². The average Bonchev–Trinajstić information content (AvgIpc) is 3.46. The molecule has 1 aromatic heterocycles. The minimum absolute atomic E-state index is 0.202. The van der Waals surface area contributed by atoms with Gasteiger partial charge in [-0.3, -0.25) is 19.5 Å². The van der Waals surface area contributed by atoms with Crippen LogP contribution in [0.15, 0.2) is 72.7 Å². The van der Waals surface area contributed by atoms with Gasteiger partial charge in [-0.2, -0.15) is 0 Å². The second kappa shape index (κ2) is 9.14. The average molecular weight is 453 g/mol. The van der Waals surface area contributed by atoms with Crippen molar-refractivity contribution in [3.8, 4) is 0 Å². The normalized spacial score (nSPS) is 16.1. The van der Waals surface area contributed by atoms with Gasteiger partial charge < -0.3 is 10.2 Å². The topological polar surface area (TPSA) is 65.5 Å². The summed E-state index contributed by atoms with van der Waals surface area (Å²) in [5.41, 5.74) is 6.50. The molecule has 172 valence electrons. The molecule has 1 fully saturated rings. The van der Waals surface area contributed by atoms with E-state index in [4.69, 9.17) is 0 Å². The molecule has 0 radical (unpaired) electrons. The number of hydrogen-bond acceptors (Lipinski definition) is 5. The first-order valence-electron chi connectivity index (χ1n) is 11.7. The molecule has 2 aliphatic heterocycles. The van der Waals surface area contributed by atoms with Crippen LogP contribution in [0, 0.1) is 13.8 Å². The molecule has 34 heavy (non-hydrogen) atoms. The standard InChI is InChI=1S/C28H28N4O2/c1-19-5-6-22(17-20(19)2)25-26(28(34)32(27(25)33)18-21-11-13-29-14-12-21)30-23-7-9-24(10-8-23)31-15-3-4-16-31/h5-14,17,30H,3-4,15-16,18H2,1-2H3. The van der Waals surface area contributed by atoms with Gasteiger partial charge in [0.25, 0.3) is 11.8 Å². The summed E-state index contributed by atoms with van der Waals surface area (Å²) in [7, 11) is 0. The van der Waals surface area contributed by atoms with Gasteiger partial charge in [0.05, 0.1) is 12.1 Å². The smallest absolute Gasteiger partial charge is 0.278 e. The highest BCUT2D eigenvalue weighted by atomic mass is 16.2. The zero-order chi connectivity index (χ0) is 23.7. The molecule has 1 N–H and O–H groups in total. The van der Waals surface area contributed by atoms with E-state index in [1.54, 1.807) is 12.4 Å². The summed E-state index contributed by atoms with van der Waals surface area (Å²) in [6.45, 7) is 6.40. The first-order valence-corrected chi connectivity index (χ1v) is 11.7. The summed E-state index contributed by atoms with van der Waals surface area (Å²) < 4.78 is 0. The summed E-state index contributed by atoms with van der Waals surface area (Å²) in [5.74, 6) is -0.611. The van der Waals surface area contributed by atoms with E-state index in [0.29, 0.717) is 11.3 Å². The van der Waals surface area contributed by atoms with Crippen LogP contribution in [0.3, 0.4) is 0 Å². The van der Waals surface area contributed by atoms with Gasteiger partial charge in [0.15, 0.2) is 0 Å². The Bertz CT molecular complexity index is 1260. The third kappa shape index (κ3) is 4.19. The molecule has 2 aromatic carbocycles. The predicted octanol–water partition coefficient (Wildman–Crippen LogP) is 4.69. The number of hydrogen-bond donors (Lipinski definition) is 1. The number of aromatic nitrogens is 1. The van der Waals surface area contributed by atoms with E-state index in [-0.39, 0.29) is 18.4 Å². The van der Waals surface area contributed by atoms with Gasteiger partial charge in [-0.05, 0) is 85.3 Å². The highest BCUT2D eigenvalue weighted by molar-refractivity contribution is 6.36. The van der Waals surface area contributed by atoms with Crippen molar-refractivity contribution in [2.75, 3.05) is 23.3 Å². The number of imide groups is 1. The maximum atomic E-state index is 13.5. The first-order chi connectivity index (χ1) is 16.5. The van der Waals surface area contributed by atoms with Crippen LogP contribution in [-0.2, 0) is 16.1 Å². The third-order valence-corrected chi connectivity index (χ3v) is 6.66. The fourth-order valence-corrected chi connectivity index (χ4v) is 4.55. The molecule has 0 atom stereocenters. The van der Waals surface area contributed by atoms with Crippen molar-refractivity contribution in [2.45, 2.75) is 33.2 Å². The van der Waals surface area contributed by atoms with E-state index < -0.39 is 0 Å². The van der Waals surface area contributed by atoms with Gasteiger partial charge in [-0.15, -0.1) is 0 Å². The molecule has 6 nitrogen and oxygen atoms in total. The number of rotatable bonds is 6. The Labute approximate surface area is 199 Å². The SMILES string of the molecule is Cc1ccc(C2=C(Nc3ccc(N4CCCC4)cc3)C(=O)N(Cc3ccncc3)C2=O)cc1C. The second-order valence-corrected chi connectivity index (χ2v) is 8.97. The van der Waals surface area contributed by atoms with Gasteiger partial charge in [0.2, 0.25) is 0 Å². The first kappa shape index (κ1) is 21.9. The number of anilines is 2. The fraction of sp³-hybridized carbons (Fsp3) is 0.250. The number of carbonyl (C=O) groups is 2.